The first-order valence-electron chi connectivity index (χ1n) is 44.3. The number of nitrogens with one attached hydrogen (secondary N) is 12. The fourth-order valence-electron chi connectivity index (χ4n) is 15.5. The first kappa shape index (κ1) is 108. The molecule has 0 spiro atoms. The van der Waals surface area contributed by atoms with Gasteiger partial charge in [0.25, 0.3) is 0 Å². The van der Waals surface area contributed by atoms with E-state index in [-0.39, 0.29) is 122 Å². The quantitative estimate of drug-likeness (QED) is 0.0195. The van der Waals surface area contributed by atoms with Crippen molar-refractivity contribution in [3.8, 4) is 5.75 Å². The number of benzene rings is 4. The van der Waals surface area contributed by atoms with Gasteiger partial charge in [0.2, 0.25) is 82.7 Å². The summed E-state index contributed by atoms with van der Waals surface area (Å²) < 4.78 is 2.69. The molecule has 0 saturated carbocycles. The SMILES string of the molecule is CC(=O)NCCCC[C@H](NC(=O)[C@](C)(CCCCN)CC(=O)[C@H](Cc1ccc2ccccc2c1)NC(=O)[C@@H](CC(=O)[C@H]1NC(=O)[C@H](CCCCNC(=O)CN)NC(=O)[C@H](Cc2c[nH]c3c(C)cccc23)NC(=O)[C@H]([C@@H](C)O)NC(=O)[C@H](CC(N)=O)NC(=O)[C@@H](NC(C)=O)C(C)(C)SSC1(C)C)Cc1ccc(OCCN)cc1)C(=O)C[C@@H](CC(N)=O)C(=O)N[C@H](CC(C)C)C(N)=O. The second kappa shape index (κ2) is 52.0. The van der Waals surface area contributed by atoms with Crippen LogP contribution in [0.15, 0.2) is 91.1 Å². The molecule has 1 aliphatic heterocycles. The van der Waals surface area contributed by atoms with Crippen LogP contribution >= 0.6 is 21.6 Å². The van der Waals surface area contributed by atoms with Crippen LogP contribution in [-0.2, 0) is 101 Å². The molecule has 718 valence electrons. The molecular formula is C92H134N18O19S2. The highest BCUT2D eigenvalue weighted by Crippen LogP contribution is 2.47. The molecular weight excluding hydrogens is 1730 g/mol. The minimum Gasteiger partial charge on any atom is -0.492 e. The lowest BCUT2D eigenvalue weighted by molar-refractivity contribution is -0.140. The van der Waals surface area contributed by atoms with Gasteiger partial charge < -0.3 is 108 Å². The number of amides is 14. The van der Waals surface area contributed by atoms with Crippen LogP contribution < -0.4 is 97.6 Å². The molecule has 0 unspecified atom stereocenters. The summed E-state index contributed by atoms with van der Waals surface area (Å²) >= 11 is 0. The summed E-state index contributed by atoms with van der Waals surface area (Å²) in [6.07, 6.45) is -3.22. The highest BCUT2D eigenvalue weighted by Gasteiger charge is 2.47. The Morgan fingerprint density at radius 3 is 1.85 bits per heavy atom. The predicted octanol–water partition coefficient (Wildman–Crippen LogP) is 1.79. The van der Waals surface area contributed by atoms with Crippen LogP contribution in [0, 0.1) is 30.1 Å². The van der Waals surface area contributed by atoms with E-state index in [1.54, 1.807) is 90.2 Å². The number of nitrogens with two attached hydrogens (primary N) is 6. The van der Waals surface area contributed by atoms with Crippen LogP contribution in [0.2, 0.25) is 0 Å². The van der Waals surface area contributed by atoms with Crippen molar-refractivity contribution in [2.75, 3.05) is 39.3 Å². The third-order valence-corrected chi connectivity index (χ3v) is 27.0. The lowest BCUT2D eigenvalue weighted by Gasteiger charge is -2.39. The molecule has 1 aliphatic rings. The number of aliphatic hydroxyl groups excluding tert-OH is 1. The monoisotopic (exact) mass is 1860 g/mol. The van der Waals surface area contributed by atoms with Crippen molar-refractivity contribution in [3.05, 3.63) is 113 Å². The summed E-state index contributed by atoms with van der Waals surface area (Å²) in [5, 5.41) is 43.3. The number of H-pyrrole nitrogens is 1. The van der Waals surface area contributed by atoms with Crippen LogP contribution in [0.3, 0.4) is 0 Å². The summed E-state index contributed by atoms with van der Waals surface area (Å²) in [4.78, 5) is 248. The van der Waals surface area contributed by atoms with Crippen LogP contribution in [-0.4, -0.2) is 219 Å². The summed E-state index contributed by atoms with van der Waals surface area (Å²) in [6, 6.07) is 10.2. The first-order valence-corrected chi connectivity index (χ1v) is 46.5. The number of unbranched alkanes of at least 4 members (excludes halogenated alkanes) is 3. The summed E-state index contributed by atoms with van der Waals surface area (Å²) in [7, 11) is 1.89. The van der Waals surface area contributed by atoms with Gasteiger partial charge in [-0.3, -0.25) is 81.5 Å². The van der Waals surface area contributed by atoms with E-state index in [0.29, 0.717) is 46.2 Å². The van der Waals surface area contributed by atoms with Crippen LogP contribution in [0.1, 0.15) is 188 Å². The van der Waals surface area contributed by atoms with Crippen LogP contribution in [0.5, 0.6) is 5.75 Å². The average Bonchev–Trinajstić information content (AvgIpc) is 1.69. The van der Waals surface area contributed by atoms with Gasteiger partial charge in [-0.25, -0.2) is 0 Å². The van der Waals surface area contributed by atoms with Gasteiger partial charge in [0.05, 0.1) is 42.5 Å². The minimum absolute atomic E-state index is 0.0293. The second-order valence-corrected chi connectivity index (χ2v) is 38.9. The number of para-hydroxylation sites is 1. The second-order valence-electron chi connectivity index (χ2n) is 35.5. The fraction of sp³-hybridized carbons (Fsp3) is 0.554. The number of aliphatic hydroxyl groups is 1. The highest BCUT2D eigenvalue weighted by molar-refractivity contribution is 8.77. The number of hydrogen-bond donors (Lipinski definition) is 19. The first-order chi connectivity index (χ1) is 61.8. The van der Waals surface area contributed by atoms with Crippen molar-refractivity contribution in [2.45, 2.75) is 262 Å². The number of ether oxygens (including phenoxy) is 1. The third-order valence-electron chi connectivity index (χ3n) is 22.8. The number of rotatable bonds is 48. The summed E-state index contributed by atoms with van der Waals surface area (Å²) in [6.45, 7) is 17.2. The smallest absolute Gasteiger partial charge is 0.245 e. The molecule has 13 atom stereocenters. The Kier molecular flexibility index (Phi) is 43.0. The van der Waals surface area contributed by atoms with Gasteiger partial charge >= 0.3 is 0 Å². The number of Topliss-reactive ketones (excluding diaryl/α,β-unsaturated/α-hetero) is 3. The topological polar surface area (TPSA) is 624 Å². The molecule has 1 aromatic heterocycles. The molecule has 1 fully saturated rings. The molecule has 131 heavy (non-hydrogen) atoms. The largest absolute Gasteiger partial charge is 0.492 e. The van der Waals surface area contributed by atoms with Gasteiger partial charge in [0.15, 0.2) is 17.3 Å². The minimum atomic E-state index is -1.92. The number of aromatic amines is 1. The Labute approximate surface area is 771 Å². The molecule has 1 saturated heterocycles. The normalized spacial score (nSPS) is 19.3. The van der Waals surface area contributed by atoms with Gasteiger partial charge in [-0.15, -0.1) is 0 Å². The van der Waals surface area contributed by atoms with Gasteiger partial charge in [-0.05, 0) is 170 Å². The third kappa shape index (κ3) is 34.7. The lowest BCUT2D eigenvalue weighted by Crippen LogP contribution is -2.63. The predicted molar refractivity (Wildman–Crippen MR) is 499 cm³/mol. The van der Waals surface area contributed by atoms with Crippen molar-refractivity contribution in [1.29, 1.82) is 0 Å². The number of carbonyl (C=O) groups excluding carboxylic acids is 17. The average molecular weight is 1860 g/mol. The van der Waals surface area contributed by atoms with Crippen molar-refractivity contribution in [2.24, 2.45) is 57.6 Å². The maximum Gasteiger partial charge on any atom is 0.245 e. The fourth-order valence-corrected chi connectivity index (χ4v) is 18.3. The van der Waals surface area contributed by atoms with E-state index in [9.17, 15) is 57.8 Å². The Morgan fingerprint density at radius 1 is 0.588 bits per heavy atom. The molecule has 0 bridgehead atoms. The molecule has 0 radical (unpaired) electrons. The number of aryl methyl sites for hydroxylation is 1. The molecule has 37 nitrogen and oxygen atoms in total. The Hall–Kier alpha value is -11.4. The number of carbonyl (C=O) groups is 17. The van der Waals surface area contributed by atoms with E-state index in [2.05, 4.69) is 63.5 Å². The lowest BCUT2D eigenvalue weighted by atomic mass is 9.77. The molecule has 39 heteroatoms. The van der Waals surface area contributed by atoms with E-state index in [1.165, 1.54) is 13.8 Å². The van der Waals surface area contributed by atoms with Gasteiger partial charge in [0, 0.05) is 98.1 Å². The van der Waals surface area contributed by atoms with E-state index in [4.69, 9.17) is 39.1 Å². The molecule has 0 aliphatic carbocycles. The Morgan fingerprint density at radius 2 is 1.21 bits per heavy atom. The van der Waals surface area contributed by atoms with Crippen molar-refractivity contribution >= 4 is 143 Å². The zero-order valence-electron chi connectivity index (χ0n) is 76.7. The number of fused-ring (bicyclic) bond motifs is 2. The van der Waals surface area contributed by atoms with E-state index >= 15 is 28.8 Å². The standard InChI is InChI=1S/C92H134N18O19S2/c1-51(2)39-68(81(98)120)105-83(122)61(46-74(96)117)44-71(114)65(25-14-18-36-99-54(5)112)108-89(128)92(11,33-16-17-34-93)48-73(116)67(42-57-27-30-58-22-12-13-23-59(58)41-57)104-82(121)60(40-56-28-31-63(32-29-56)129-38-35-94)45-72(115)79-90(7,8)130-131-91(9,10)80(102-55(6)113)88(127)107-70(47-75(97)118)86(125)109-78(53(4)111)87(126)106-69(43-62-50-101-77-52(3)21-20-24-64(62)77)85(124)103-66(84(123)110-79)26-15-19-37-100-76(119)49-95/h12-13,20-24,27-32,41,50-51,53,60-61,65-70,78-80,101,111H,14-19,25-26,33-40,42-49,93-95H2,1-11H3,(H2,96,117)(H2,97,118)(H2,98,120)(H,99,112)(H,100,119)(H,102,113)(H,103,124)(H,104,121)(H,105,122)(H,106,126)(H,107,127)(H,108,128)(H,109,125)(H,110,123)/t53-,60-,61+,65+,66+,67+,68-,69+,70+,78+,79-,80-,92-/m1/s1. The van der Waals surface area contributed by atoms with Crippen molar-refractivity contribution in [1.82, 2.24) is 63.5 Å². The molecule has 25 N–H and O–H groups in total. The molecule has 6 rings (SSSR count). The Balaban J connectivity index is 1.55. The van der Waals surface area contributed by atoms with Gasteiger partial charge in [-0.1, -0.05) is 122 Å². The molecule has 2 heterocycles. The van der Waals surface area contributed by atoms with E-state index < -0.39 is 213 Å². The molecule has 14 amide bonds. The number of ketones is 3. The maximum absolute atomic E-state index is 16.5. The van der Waals surface area contributed by atoms with Crippen LogP contribution in [0.25, 0.3) is 21.7 Å². The summed E-state index contributed by atoms with van der Waals surface area (Å²) in [5.41, 5.74) is 35.8. The zero-order valence-corrected chi connectivity index (χ0v) is 78.3. The van der Waals surface area contributed by atoms with Gasteiger partial charge in [0.1, 0.15) is 54.6 Å². The van der Waals surface area contributed by atoms with Crippen LogP contribution in [0.4, 0.5) is 0 Å². The Bertz CT molecular complexity index is 4850. The van der Waals surface area contributed by atoms with Crippen molar-refractivity contribution < 1.29 is 91.4 Å². The molecule has 4 aromatic carbocycles. The number of hydrogen-bond acceptors (Lipinski definition) is 24. The molecule has 5 aromatic rings. The van der Waals surface area contributed by atoms with Gasteiger partial charge in [-0.2, -0.15) is 0 Å². The number of primary amides is 3. The maximum atomic E-state index is 16.5. The van der Waals surface area contributed by atoms with E-state index in [1.807, 2.05) is 49.4 Å². The number of aromatic nitrogens is 1. The zero-order chi connectivity index (χ0) is 97.2. The summed E-state index contributed by atoms with van der Waals surface area (Å²) in [5.74, 6) is -17.3. The van der Waals surface area contributed by atoms with E-state index in [0.717, 1.165) is 51.8 Å². The highest BCUT2D eigenvalue weighted by atomic mass is 33.1. The van der Waals surface area contributed by atoms with Crippen molar-refractivity contribution in [3.63, 3.8) is 0 Å².